The number of likely N-dealkylation sites (tertiary alicyclic amines) is 1. The number of H-pyrrole nitrogens is 1. The van der Waals surface area contributed by atoms with Gasteiger partial charge in [-0.05, 0) is 63.4 Å². The number of carbonyl (C=O) groups is 3. The van der Waals surface area contributed by atoms with Gasteiger partial charge in [0.1, 0.15) is 5.82 Å². The molecule has 1 fully saturated rings. The van der Waals surface area contributed by atoms with Crippen molar-refractivity contribution in [2.45, 2.75) is 45.7 Å². The van der Waals surface area contributed by atoms with Crippen LogP contribution in [0.15, 0.2) is 24.3 Å². The van der Waals surface area contributed by atoms with Crippen molar-refractivity contribution in [3.8, 4) is 0 Å². The Hall–Kier alpha value is -3.00. The van der Waals surface area contributed by atoms with Crippen molar-refractivity contribution in [3.63, 3.8) is 0 Å². The van der Waals surface area contributed by atoms with Crippen molar-refractivity contribution < 1.29 is 23.5 Å². The van der Waals surface area contributed by atoms with Gasteiger partial charge in [0.05, 0.1) is 24.4 Å². The van der Waals surface area contributed by atoms with E-state index in [1.807, 2.05) is 6.92 Å². The van der Waals surface area contributed by atoms with Crippen molar-refractivity contribution in [1.29, 1.82) is 0 Å². The SMILES string of the molecule is COC(=O)c1c(C)[nH]c(C(=O)[C@@H](C)N2CCC(NC(=O)c3ccc(F)cc3)CC2)c1C. The van der Waals surface area contributed by atoms with Crippen LogP contribution >= 0.6 is 0 Å². The number of piperidine rings is 1. The molecule has 0 aliphatic carbocycles. The lowest BCUT2D eigenvalue weighted by Gasteiger charge is -2.35. The van der Waals surface area contributed by atoms with E-state index in [4.69, 9.17) is 4.74 Å². The summed E-state index contributed by atoms with van der Waals surface area (Å²) in [6.07, 6.45) is 1.42. The third-order valence-corrected chi connectivity index (χ3v) is 5.97. The fourth-order valence-corrected chi connectivity index (χ4v) is 4.08. The fourth-order valence-electron chi connectivity index (χ4n) is 4.08. The van der Waals surface area contributed by atoms with Crippen LogP contribution in [0.5, 0.6) is 0 Å². The summed E-state index contributed by atoms with van der Waals surface area (Å²) in [5.41, 5.74) is 2.47. The highest BCUT2D eigenvalue weighted by Crippen LogP contribution is 2.23. The number of methoxy groups -OCH3 is 1. The fraction of sp³-hybridized carbons (Fsp3) is 0.435. The Labute approximate surface area is 181 Å². The quantitative estimate of drug-likeness (QED) is 0.544. The largest absolute Gasteiger partial charge is 0.465 e. The molecule has 31 heavy (non-hydrogen) atoms. The van der Waals surface area contributed by atoms with Gasteiger partial charge < -0.3 is 15.0 Å². The lowest BCUT2D eigenvalue weighted by atomic mass is 9.99. The first-order chi connectivity index (χ1) is 14.7. The van der Waals surface area contributed by atoms with Gasteiger partial charge >= 0.3 is 5.97 Å². The number of ketones is 1. The lowest BCUT2D eigenvalue weighted by Crippen LogP contribution is -2.49. The molecule has 0 bridgehead atoms. The topological polar surface area (TPSA) is 91.5 Å². The normalized spacial score (nSPS) is 16.0. The Morgan fingerprint density at radius 2 is 1.77 bits per heavy atom. The molecule has 1 saturated heterocycles. The molecule has 1 aliphatic rings. The Morgan fingerprint density at radius 1 is 1.16 bits per heavy atom. The molecule has 3 rings (SSSR count). The number of nitrogens with one attached hydrogen (secondary N) is 2. The highest BCUT2D eigenvalue weighted by atomic mass is 19.1. The highest BCUT2D eigenvalue weighted by Gasteiger charge is 2.31. The molecule has 0 radical (unpaired) electrons. The van der Waals surface area contributed by atoms with E-state index in [9.17, 15) is 18.8 Å². The van der Waals surface area contributed by atoms with Crippen molar-refractivity contribution in [1.82, 2.24) is 15.2 Å². The minimum Gasteiger partial charge on any atom is -0.465 e. The van der Waals surface area contributed by atoms with Crippen LogP contribution in [0.3, 0.4) is 0 Å². The predicted octanol–water partition coefficient (Wildman–Crippen LogP) is 3.02. The second kappa shape index (κ2) is 9.43. The number of amides is 1. The third kappa shape index (κ3) is 4.85. The van der Waals surface area contributed by atoms with Gasteiger partial charge in [0.2, 0.25) is 0 Å². The van der Waals surface area contributed by atoms with Gasteiger partial charge in [0.25, 0.3) is 5.91 Å². The average molecular weight is 429 g/mol. The molecule has 1 amide bonds. The van der Waals surface area contributed by atoms with Crippen LogP contribution in [0.4, 0.5) is 4.39 Å². The van der Waals surface area contributed by atoms with E-state index in [-0.39, 0.29) is 29.6 Å². The molecule has 8 heteroatoms. The first-order valence-corrected chi connectivity index (χ1v) is 10.3. The number of aromatic nitrogens is 1. The predicted molar refractivity (Wildman–Crippen MR) is 114 cm³/mol. The molecule has 2 aromatic rings. The minimum atomic E-state index is -0.462. The first kappa shape index (κ1) is 22.7. The van der Waals surface area contributed by atoms with E-state index in [1.54, 1.807) is 13.8 Å². The number of benzene rings is 1. The van der Waals surface area contributed by atoms with Gasteiger partial charge in [-0.3, -0.25) is 14.5 Å². The van der Waals surface area contributed by atoms with Crippen LogP contribution in [0.25, 0.3) is 0 Å². The number of nitrogens with zero attached hydrogens (tertiary/aromatic N) is 1. The molecule has 166 valence electrons. The van der Waals surface area contributed by atoms with Crippen LogP contribution < -0.4 is 5.32 Å². The molecule has 2 N–H and O–H groups in total. The van der Waals surface area contributed by atoms with Crippen LogP contribution in [0, 0.1) is 19.7 Å². The number of esters is 1. The number of rotatable bonds is 6. The maximum atomic E-state index is 13.1. The van der Waals surface area contributed by atoms with E-state index in [1.165, 1.54) is 31.4 Å². The number of Topliss-reactive ketones (excluding diaryl/α,β-unsaturated/α-hetero) is 1. The van der Waals surface area contributed by atoms with E-state index < -0.39 is 5.97 Å². The molecule has 0 saturated carbocycles. The Balaban J connectivity index is 1.59. The smallest absolute Gasteiger partial charge is 0.339 e. The van der Waals surface area contributed by atoms with Gasteiger partial charge in [-0.15, -0.1) is 0 Å². The number of halogens is 1. The van der Waals surface area contributed by atoms with Crippen molar-refractivity contribution in [2.24, 2.45) is 0 Å². The van der Waals surface area contributed by atoms with E-state index in [0.717, 1.165) is 0 Å². The maximum Gasteiger partial charge on any atom is 0.339 e. The molecule has 1 aromatic heterocycles. The zero-order valence-electron chi connectivity index (χ0n) is 18.3. The zero-order chi connectivity index (χ0) is 22.7. The van der Waals surface area contributed by atoms with Crippen LogP contribution in [0.1, 0.15) is 62.2 Å². The number of hydrogen-bond acceptors (Lipinski definition) is 5. The Kier molecular flexibility index (Phi) is 6.90. The van der Waals surface area contributed by atoms with Gasteiger partial charge in [0, 0.05) is 30.4 Å². The van der Waals surface area contributed by atoms with Gasteiger partial charge in [-0.2, -0.15) is 0 Å². The Morgan fingerprint density at radius 3 is 2.35 bits per heavy atom. The molecule has 1 aromatic carbocycles. The number of hydrogen-bond donors (Lipinski definition) is 2. The van der Waals surface area contributed by atoms with Crippen molar-refractivity contribution in [2.75, 3.05) is 20.2 Å². The van der Waals surface area contributed by atoms with Crippen molar-refractivity contribution in [3.05, 3.63) is 58.2 Å². The minimum absolute atomic E-state index is 0.00324. The molecular formula is C23H28FN3O4. The third-order valence-electron chi connectivity index (χ3n) is 5.97. The molecular weight excluding hydrogens is 401 g/mol. The summed E-state index contributed by atoms with van der Waals surface area (Å²) < 4.78 is 17.8. The molecule has 0 unspecified atom stereocenters. The van der Waals surface area contributed by atoms with E-state index in [0.29, 0.717) is 54.0 Å². The number of ether oxygens (including phenoxy) is 1. The summed E-state index contributed by atoms with van der Waals surface area (Å²) in [6, 6.07) is 5.09. The van der Waals surface area contributed by atoms with E-state index in [2.05, 4.69) is 15.2 Å². The number of aromatic amines is 1. The first-order valence-electron chi connectivity index (χ1n) is 10.3. The summed E-state index contributed by atoms with van der Waals surface area (Å²) in [6.45, 7) is 6.66. The number of aryl methyl sites for hydroxylation is 1. The molecule has 1 atom stereocenters. The summed E-state index contributed by atoms with van der Waals surface area (Å²) in [4.78, 5) is 42.5. The standard InChI is InChI=1S/C23H28FN3O4/c1-13-19(23(30)31-4)14(2)25-20(13)21(28)15(3)27-11-9-18(10-12-27)26-22(29)16-5-7-17(24)8-6-16/h5-8,15,18,25H,9-12H2,1-4H3,(H,26,29)/t15-/m1/s1. The number of carbonyl (C=O) groups excluding carboxylic acids is 3. The summed E-state index contributed by atoms with van der Waals surface area (Å²) in [5.74, 6) is -1.15. The molecule has 0 spiro atoms. The summed E-state index contributed by atoms with van der Waals surface area (Å²) in [5, 5.41) is 2.98. The highest BCUT2D eigenvalue weighted by molar-refractivity contribution is 6.03. The van der Waals surface area contributed by atoms with Crippen LogP contribution in [-0.4, -0.2) is 59.8 Å². The zero-order valence-corrected chi connectivity index (χ0v) is 18.3. The average Bonchev–Trinajstić information content (AvgIpc) is 3.07. The lowest BCUT2D eigenvalue weighted by molar-refractivity contribution is 0.0599. The molecule has 1 aliphatic heterocycles. The van der Waals surface area contributed by atoms with Crippen LogP contribution in [-0.2, 0) is 4.74 Å². The molecule has 2 heterocycles. The summed E-state index contributed by atoms with van der Waals surface area (Å²) >= 11 is 0. The van der Waals surface area contributed by atoms with Gasteiger partial charge in [-0.1, -0.05) is 0 Å². The van der Waals surface area contributed by atoms with E-state index >= 15 is 0 Å². The Bertz CT molecular complexity index is 975. The monoisotopic (exact) mass is 429 g/mol. The second-order valence-corrected chi connectivity index (χ2v) is 7.95. The summed E-state index contributed by atoms with van der Waals surface area (Å²) in [7, 11) is 1.32. The maximum absolute atomic E-state index is 13.1. The second-order valence-electron chi connectivity index (χ2n) is 7.95. The molecule has 7 nitrogen and oxygen atoms in total. The van der Waals surface area contributed by atoms with Gasteiger partial charge in [-0.25, -0.2) is 9.18 Å². The van der Waals surface area contributed by atoms with Crippen molar-refractivity contribution >= 4 is 17.7 Å². The van der Waals surface area contributed by atoms with Gasteiger partial charge in [0.15, 0.2) is 5.78 Å². The van der Waals surface area contributed by atoms with Crippen LogP contribution in [0.2, 0.25) is 0 Å².